The molecule has 2 heterocycles. The van der Waals surface area contributed by atoms with Crippen LogP contribution in [0.2, 0.25) is 0 Å². The van der Waals surface area contributed by atoms with Crippen molar-refractivity contribution in [2.24, 2.45) is 0 Å². The monoisotopic (exact) mass is 665 g/mol. The summed E-state index contributed by atoms with van der Waals surface area (Å²) in [5.41, 5.74) is 15.9. The number of benzene rings is 8. The van der Waals surface area contributed by atoms with Crippen LogP contribution in [0.3, 0.4) is 0 Å². The van der Waals surface area contributed by atoms with Crippen molar-refractivity contribution in [2.45, 2.75) is 12.3 Å². The Hall–Kier alpha value is -6.64. The number of rotatable bonds is 4. The number of anilines is 3. The fourth-order valence-corrected chi connectivity index (χ4v) is 8.52. The molecule has 10 rings (SSSR count). The van der Waals surface area contributed by atoms with Crippen molar-refractivity contribution in [3.63, 3.8) is 0 Å². The van der Waals surface area contributed by atoms with E-state index >= 15 is 0 Å². The Labute approximate surface area is 304 Å². The molecule has 0 saturated heterocycles. The van der Waals surface area contributed by atoms with Gasteiger partial charge in [0, 0.05) is 16.8 Å². The molecular formula is C50H35NO. The van der Waals surface area contributed by atoms with Gasteiger partial charge in [-0.15, -0.1) is 0 Å². The molecular weight excluding hydrogens is 631 g/mol. The van der Waals surface area contributed by atoms with Crippen LogP contribution < -0.4 is 9.64 Å². The molecule has 0 unspecified atom stereocenters. The van der Waals surface area contributed by atoms with Crippen molar-refractivity contribution in [1.29, 1.82) is 0 Å². The topological polar surface area (TPSA) is 12.5 Å². The van der Waals surface area contributed by atoms with E-state index < -0.39 is 5.41 Å². The minimum Gasteiger partial charge on any atom is -0.457 e. The maximum absolute atomic E-state index is 6.72. The van der Waals surface area contributed by atoms with Gasteiger partial charge in [0.15, 0.2) is 0 Å². The fraction of sp³-hybridized carbons (Fsp3) is 0.0400. The zero-order chi connectivity index (χ0) is 34.6. The second-order valence-corrected chi connectivity index (χ2v) is 13.7. The van der Waals surface area contributed by atoms with E-state index in [0.717, 1.165) is 39.7 Å². The Morgan fingerprint density at radius 3 is 1.65 bits per heavy atom. The van der Waals surface area contributed by atoms with Gasteiger partial charge in [-0.1, -0.05) is 152 Å². The smallest absolute Gasteiger partial charge is 0.132 e. The Morgan fingerprint density at radius 1 is 0.385 bits per heavy atom. The predicted molar refractivity (Wildman–Crippen MR) is 214 cm³/mol. The maximum Gasteiger partial charge on any atom is 0.132 e. The highest BCUT2D eigenvalue weighted by Gasteiger charge is 2.51. The van der Waals surface area contributed by atoms with Crippen LogP contribution in [0.25, 0.3) is 33.4 Å². The third-order valence-electron chi connectivity index (χ3n) is 10.9. The van der Waals surface area contributed by atoms with Crippen molar-refractivity contribution >= 4 is 17.1 Å². The van der Waals surface area contributed by atoms with E-state index in [2.05, 4.69) is 206 Å². The molecule has 0 aromatic heterocycles. The minimum absolute atomic E-state index is 0.655. The lowest BCUT2D eigenvalue weighted by Crippen LogP contribution is -2.39. The number of nitrogens with zero attached hydrogens (tertiary/aromatic N) is 1. The average Bonchev–Trinajstić information content (AvgIpc) is 3.21. The average molecular weight is 666 g/mol. The Kier molecular flexibility index (Phi) is 6.97. The SMILES string of the molecule is Cc1ccccc1-c1ccc2c(c1)C1(c3ccccc3Oc3ccccc31)c1ccc(-c3ccccc3)cc1N2c1cccc(-c2ccccc2)c1. The summed E-state index contributed by atoms with van der Waals surface area (Å²) in [7, 11) is 0. The zero-order valence-corrected chi connectivity index (χ0v) is 28.8. The summed E-state index contributed by atoms with van der Waals surface area (Å²) in [4.78, 5) is 2.48. The predicted octanol–water partition coefficient (Wildman–Crippen LogP) is 13.3. The lowest BCUT2D eigenvalue weighted by molar-refractivity contribution is 0.434. The quantitative estimate of drug-likeness (QED) is 0.185. The van der Waals surface area contributed by atoms with Gasteiger partial charge >= 0.3 is 0 Å². The largest absolute Gasteiger partial charge is 0.457 e. The first kappa shape index (κ1) is 30.2. The number of aryl methyl sites for hydroxylation is 1. The molecule has 8 aromatic carbocycles. The Bertz CT molecular complexity index is 2580. The van der Waals surface area contributed by atoms with Crippen molar-refractivity contribution < 1.29 is 4.74 Å². The van der Waals surface area contributed by atoms with Crippen molar-refractivity contribution in [3.05, 3.63) is 222 Å². The lowest BCUT2D eigenvalue weighted by Gasteiger charge is -2.49. The van der Waals surface area contributed by atoms with E-state index in [1.165, 1.54) is 50.1 Å². The maximum atomic E-state index is 6.72. The van der Waals surface area contributed by atoms with Crippen molar-refractivity contribution in [3.8, 4) is 44.9 Å². The molecule has 2 heteroatoms. The number of hydrogen-bond acceptors (Lipinski definition) is 2. The normalized spacial score (nSPS) is 13.4. The van der Waals surface area contributed by atoms with E-state index in [0.29, 0.717) is 0 Å². The highest BCUT2D eigenvalue weighted by Crippen LogP contribution is 2.63. The molecule has 0 amide bonds. The number of fused-ring (bicyclic) bond motifs is 8. The molecule has 0 radical (unpaired) electrons. The molecule has 246 valence electrons. The third-order valence-corrected chi connectivity index (χ3v) is 10.9. The highest BCUT2D eigenvalue weighted by molar-refractivity contribution is 5.94. The molecule has 8 aromatic rings. The lowest BCUT2D eigenvalue weighted by atomic mass is 9.60. The second-order valence-electron chi connectivity index (χ2n) is 13.7. The number of ether oxygens (including phenoxy) is 1. The van der Waals surface area contributed by atoms with Crippen LogP contribution in [0.4, 0.5) is 17.1 Å². The molecule has 0 aliphatic carbocycles. The second kappa shape index (κ2) is 12.0. The van der Waals surface area contributed by atoms with Crippen LogP contribution in [0.15, 0.2) is 194 Å². The summed E-state index contributed by atoms with van der Waals surface area (Å²) in [6.45, 7) is 2.20. The molecule has 2 aliphatic rings. The van der Waals surface area contributed by atoms with E-state index in [1.807, 2.05) is 0 Å². The first-order chi connectivity index (χ1) is 25.7. The molecule has 1 spiro atoms. The fourth-order valence-electron chi connectivity index (χ4n) is 8.52. The van der Waals surface area contributed by atoms with Crippen LogP contribution in [-0.2, 0) is 5.41 Å². The van der Waals surface area contributed by atoms with Gasteiger partial charge in [0.2, 0.25) is 0 Å². The Morgan fingerprint density at radius 2 is 0.962 bits per heavy atom. The molecule has 0 bridgehead atoms. The van der Waals surface area contributed by atoms with Gasteiger partial charge in [-0.3, -0.25) is 0 Å². The van der Waals surface area contributed by atoms with Crippen LogP contribution in [0, 0.1) is 6.92 Å². The van der Waals surface area contributed by atoms with Gasteiger partial charge in [0.1, 0.15) is 11.5 Å². The number of para-hydroxylation sites is 2. The van der Waals surface area contributed by atoms with Crippen molar-refractivity contribution in [2.75, 3.05) is 4.90 Å². The van der Waals surface area contributed by atoms with Gasteiger partial charge in [-0.25, -0.2) is 0 Å². The van der Waals surface area contributed by atoms with Crippen molar-refractivity contribution in [1.82, 2.24) is 0 Å². The van der Waals surface area contributed by atoms with E-state index in [4.69, 9.17) is 4.74 Å². The third kappa shape index (κ3) is 4.58. The molecule has 0 atom stereocenters. The minimum atomic E-state index is -0.655. The summed E-state index contributed by atoms with van der Waals surface area (Å²) >= 11 is 0. The van der Waals surface area contributed by atoms with E-state index in [1.54, 1.807) is 0 Å². The van der Waals surface area contributed by atoms with Gasteiger partial charge in [0.05, 0.1) is 16.8 Å². The molecule has 0 N–H and O–H groups in total. The Balaban J connectivity index is 1.34. The number of hydrogen-bond donors (Lipinski definition) is 0. The van der Waals surface area contributed by atoms with Crippen LogP contribution >= 0.6 is 0 Å². The van der Waals surface area contributed by atoms with E-state index in [-0.39, 0.29) is 0 Å². The molecule has 2 aliphatic heterocycles. The van der Waals surface area contributed by atoms with Crippen LogP contribution in [0.5, 0.6) is 11.5 Å². The first-order valence-corrected chi connectivity index (χ1v) is 17.9. The molecule has 52 heavy (non-hydrogen) atoms. The first-order valence-electron chi connectivity index (χ1n) is 17.9. The van der Waals surface area contributed by atoms with E-state index in [9.17, 15) is 0 Å². The molecule has 0 fully saturated rings. The molecule has 0 saturated carbocycles. The van der Waals surface area contributed by atoms with Gasteiger partial charge in [-0.05, 0) is 99.5 Å². The summed E-state index contributed by atoms with van der Waals surface area (Å²) in [5.74, 6) is 1.76. The van der Waals surface area contributed by atoms with Crippen LogP contribution in [0.1, 0.15) is 27.8 Å². The van der Waals surface area contributed by atoms with Gasteiger partial charge < -0.3 is 9.64 Å². The molecule has 2 nitrogen and oxygen atoms in total. The zero-order valence-electron chi connectivity index (χ0n) is 28.8. The summed E-state index contributed by atoms with van der Waals surface area (Å²) in [6, 6.07) is 70.4. The van der Waals surface area contributed by atoms with Gasteiger partial charge in [0.25, 0.3) is 0 Å². The highest BCUT2D eigenvalue weighted by atomic mass is 16.5. The van der Waals surface area contributed by atoms with Gasteiger partial charge in [-0.2, -0.15) is 0 Å². The summed E-state index contributed by atoms with van der Waals surface area (Å²) in [5, 5.41) is 0. The van der Waals surface area contributed by atoms with Crippen LogP contribution in [-0.4, -0.2) is 0 Å². The summed E-state index contributed by atoms with van der Waals surface area (Å²) in [6.07, 6.45) is 0. The standard InChI is InChI=1S/C50H35NO/c1-34-15-8-9-22-41(34)39-28-30-46-45(32-39)50(43-23-10-12-25-48(43)52-49-26-13-11-24-44(49)50)42-29-27-38(36-18-6-3-7-19-36)33-47(42)51(46)40-21-14-20-37(31-40)35-16-4-2-5-17-35/h2-33H,1H3. The summed E-state index contributed by atoms with van der Waals surface area (Å²) < 4.78 is 6.72.